The van der Waals surface area contributed by atoms with Crippen LogP contribution in [0.3, 0.4) is 0 Å². The molecule has 3 atom stereocenters. The normalized spacial score (nSPS) is 21.4. The van der Waals surface area contributed by atoms with E-state index < -0.39 is 0 Å². The molecule has 0 bridgehead atoms. The molecule has 200 valence electrons. The molecule has 2 aliphatic rings. The highest BCUT2D eigenvalue weighted by molar-refractivity contribution is 6.42. The average Bonchev–Trinajstić information content (AvgIpc) is 2.96. The molecule has 0 aliphatic carbocycles. The van der Waals surface area contributed by atoms with Crippen molar-refractivity contribution in [3.63, 3.8) is 0 Å². The van der Waals surface area contributed by atoms with Crippen molar-refractivity contribution in [1.29, 1.82) is 0 Å². The third-order valence-corrected chi connectivity index (χ3v) is 9.08. The van der Waals surface area contributed by atoms with Crippen molar-refractivity contribution in [2.24, 2.45) is 5.92 Å². The highest BCUT2D eigenvalue weighted by Crippen LogP contribution is 2.50. The second kappa shape index (κ2) is 12.7. The molecule has 6 heteroatoms. The largest absolute Gasteiger partial charge is 0.338 e. The molecule has 0 radical (unpaired) electrons. The maximum atomic E-state index is 13.6. The Morgan fingerprint density at radius 1 is 0.921 bits per heavy atom. The molecule has 1 fully saturated rings. The SMILES string of the molecule is CCC(c1ccccc1)(C1CCN(C(=O)c2ccccc2)CC1c1ccc(Cl)c(Cl)c1)N1CC=CCC1.Cl. The van der Waals surface area contributed by atoms with E-state index in [4.69, 9.17) is 23.2 Å². The summed E-state index contributed by atoms with van der Waals surface area (Å²) >= 11 is 12.9. The minimum Gasteiger partial charge on any atom is -0.338 e. The molecule has 3 nitrogen and oxygen atoms in total. The van der Waals surface area contributed by atoms with E-state index in [0.29, 0.717) is 22.5 Å². The van der Waals surface area contributed by atoms with Gasteiger partial charge in [-0.15, -0.1) is 12.4 Å². The van der Waals surface area contributed by atoms with Crippen LogP contribution in [0.25, 0.3) is 0 Å². The Morgan fingerprint density at radius 2 is 1.63 bits per heavy atom. The van der Waals surface area contributed by atoms with E-state index in [2.05, 4.69) is 60.4 Å². The Kier molecular flexibility index (Phi) is 9.59. The predicted molar refractivity (Wildman–Crippen MR) is 161 cm³/mol. The number of likely N-dealkylation sites (tertiary alicyclic amines) is 1. The number of hydrogen-bond acceptors (Lipinski definition) is 2. The fourth-order valence-electron chi connectivity index (χ4n) is 6.60. The molecule has 5 rings (SSSR count). The van der Waals surface area contributed by atoms with Crippen molar-refractivity contribution in [2.45, 2.75) is 37.6 Å². The first-order chi connectivity index (χ1) is 18.0. The minimum absolute atomic E-state index is 0. The number of rotatable bonds is 6. The Morgan fingerprint density at radius 3 is 2.26 bits per heavy atom. The van der Waals surface area contributed by atoms with Gasteiger partial charge in [0.2, 0.25) is 0 Å². The van der Waals surface area contributed by atoms with E-state index in [-0.39, 0.29) is 29.8 Å². The lowest BCUT2D eigenvalue weighted by Gasteiger charge is -2.55. The molecule has 2 heterocycles. The molecule has 0 N–H and O–H groups in total. The van der Waals surface area contributed by atoms with Gasteiger partial charge in [0.25, 0.3) is 5.91 Å². The smallest absolute Gasteiger partial charge is 0.253 e. The second-order valence-corrected chi connectivity index (χ2v) is 11.0. The number of benzene rings is 3. The lowest BCUT2D eigenvalue weighted by molar-refractivity contribution is -0.0118. The first-order valence-corrected chi connectivity index (χ1v) is 14.0. The van der Waals surface area contributed by atoms with Gasteiger partial charge < -0.3 is 4.90 Å². The van der Waals surface area contributed by atoms with Crippen molar-refractivity contribution >= 4 is 41.5 Å². The first-order valence-electron chi connectivity index (χ1n) is 13.3. The Balaban J connectivity index is 0.00000336. The average molecular weight is 570 g/mol. The van der Waals surface area contributed by atoms with E-state index in [9.17, 15) is 4.79 Å². The summed E-state index contributed by atoms with van der Waals surface area (Å²) < 4.78 is 0. The Bertz CT molecular complexity index is 1250. The zero-order chi connectivity index (χ0) is 25.8. The summed E-state index contributed by atoms with van der Waals surface area (Å²) in [5.41, 5.74) is 3.07. The third-order valence-electron chi connectivity index (χ3n) is 8.34. The van der Waals surface area contributed by atoms with Crippen molar-refractivity contribution in [3.8, 4) is 0 Å². The lowest BCUT2D eigenvalue weighted by atomic mass is 9.64. The van der Waals surface area contributed by atoms with E-state index in [1.54, 1.807) is 0 Å². The van der Waals surface area contributed by atoms with Crippen molar-refractivity contribution in [1.82, 2.24) is 9.80 Å². The fraction of sp³-hybridized carbons (Fsp3) is 0.344. The summed E-state index contributed by atoms with van der Waals surface area (Å²) in [6.45, 7) is 5.65. The van der Waals surface area contributed by atoms with Crippen LogP contribution >= 0.6 is 35.6 Å². The highest BCUT2D eigenvalue weighted by Gasteiger charge is 2.49. The topological polar surface area (TPSA) is 23.6 Å². The zero-order valence-electron chi connectivity index (χ0n) is 21.7. The highest BCUT2D eigenvalue weighted by atomic mass is 35.5. The summed E-state index contributed by atoms with van der Waals surface area (Å²) in [4.78, 5) is 18.3. The number of amides is 1. The second-order valence-electron chi connectivity index (χ2n) is 10.1. The molecule has 0 spiro atoms. The number of hydrogen-bond donors (Lipinski definition) is 0. The molecule has 0 aromatic heterocycles. The molecular weight excluding hydrogens is 535 g/mol. The van der Waals surface area contributed by atoms with Gasteiger partial charge in [-0.1, -0.05) is 96.9 Å². The summed E-state index contributed by atoms with van der Waals surface area (Å²) in [6, 6.07) is 26.6. The van der Waals surface area contributed by atoms with Crippen LogP contribution in [0.5, 0.6) is 0 Å². The molecule has 3 aromatic carbocycles. The van der Waals surface area contributed by atoms with Crippen LogP contribution in [-0.4, -0.2) is 41.9 Å². The van der Waals surface area contributed by atoms with Gasteiger partial charge in [-0.3, -0.25) is 9.69 Å². The Labute approximate surface area is 242 Å². The van der Waals surface area contributed by atoms with Crippen LogP contribution < -0.4 is 0 Å². The van der Waals surface area contributed by atoms with Crippen LogP contribution in [0.2, 0.25) is 10.0 Å². The number of nitrogens with zero attached hydrogens (tertiary/aromatic N) is 2. The molecule has 0 saturated carbocycles. The molecule has 38 heavy (non-hydrogen) atoms. The quantitative estimate of drug-likeness (QED) is 0.279. The minimum atomic E-state index is -0.162. The van der Waals surface area contributed by atoms with Gasteiger partial charge in [0.05, 0.1) is 10.0 Å². The monoisotopic (exact) mass is 568 g/mol. The molecule has 1 amide bonds. The van der Waals surface area contributed by atoms with Gasteiger partial charge in [-0.05, 0) is 60.6 Å². The number of halogens is 3. The van der Waals surface area contributed by atoms with E-state index in [0.717, 1.165) is 50.0 Å². The number of carbonyl (C=O) groups excluding carboxylic acids is 1. The predicted octanol–water partition coefficient (Wildman–Crippen LogP) is 8.23. The molecule has 3 aromatic rings. The fourth-order valence-corrected chi connectivity index (χ4v) is 6.91. The van der Waals surface area contributed by atoms with Crippen LogP contribution in [-0.2, 0) is 5.54 Å². The van der Waals surface area contributed by atoms with Gasteiger partial charge >= 0.3 is 0 Å². The van der Waals surface area contributed by atoms with Crippen molar-refractivity contribution in [3.05, 3.63) is 118 Å². The van der Waals surface area contributed by atoms with Gasteiger partial charge in [-0.25, -0.2) is 0 Å². The summed E-state index contributed by atoms with van der Waals surface area (Å²) in [5, 5.41) is 1.12. The van der Waals surface area contributed by atoms with E-state index >= 15 is 0 Å². The summed E-state index contributed by atoms with van der Waals surface area (Å²) in [6.07, 6.45) is 7.54. The van der Waals surface area contributed by atoms with Gasteiger partial charge in [0.1, 0.15) is 0 Å². The first kappa shape index (κ1) is 28.7. The van der Waals surface area contributed by atoms with E-state index in [1.165, 1.54) is 5.56 Å². The molecule has 2 aliphatic heterocycles. The van der Waals surface area contributed by atoms with Crippen LogP contribution in [0.15, 0.2) is 91.0 Å². The number of piperidine rings is 1. The van der Waals surface area contributed by atoms with Crippen LogP contribution in [0, 0.1) is 5.92 Å². The summed E-state index contributed by atoms with van der Waals surface area (Å²) in [7, 11) is 0. The summed E-state index contributed by atoms with van der Waals surface area (Å²) in [5.74, 6) is 0.498. The van der Waals surface area contributed by atoms with Gasteiger partial charge in [0.15, 0.2) is 0 Å². The molecule has 3 unspecified atom stereocenters. The van der Waals surface area contributed by atoms with E-state index in [1.807, 2.05) is 47.4 Å². The lowest BCUT2D eigenvalue weighted by Crippen LogP contribution is -2.57. The maximum absolute atomic E-state index is 13.6. The van der Waals surface area contributed by atoms with Crippen molar-refractivity contribution < 1.29 is 4.79 Å². The standard InChI is InChI=1S/C32H34Cl2N2O.ClH/c1-2-32(26-14-8-4-9-15-26,36-19-10-5-11-20-36)28-18-21-35(31(37)24-12-6-3-7-13-24)23-27(28)25-16-17-29(33)30(34)22-25;/h3-10,12-17,22,27-28H,2,11,18-21,23H2,1H3;1H. The maximum Gasteiger partial charge on any atom is 0.253 e. The van der Waals surface area contributed by atoms with Gasteiger partial charge in [0, 0.05) is 43.2 Å². The zero-order valence-corrected chi connectivity index (χ0v) is 24.1. The third kappa shape index (κ3) is 5.53. The van der Waals surface area contributed by atoms with Crippen LogP contribution in [0.1, 0.15) is 53.6 Å². The van der Waals surface area contributed by atoms with Gasteiger partial charge in [-0.2, -0.15) is 0 Å². The number of carbonyl (C=O) groups is 1. The van der Waals surface area contributed by atoms with Crippen molar-refractivity contribution in [2.75, 3.05) is 26.2 Å². The van der Waals surface area contributed by atoms with Crippen LogP contribution in [0.4, 0.5) is 0 Å². The molecule has 1 saturated heterocycles. The Hall–Kier alpha value is -2.30. The molecular formula is C32H35Cl3N2O.